The minimum Gasteiger partial charge on any atom is -0.346 e. The van der Waals surface area contributed by atoms with E-state index in [1.54, 1.807) is 35.3 Å². The van der Waals surface area contributed by atoms with Crippen molar-refractivity contribution < 1.29 is 24.0 Å². The molecule has 13 heteroatoms. The summed E-state index contributed by atoms with van der Waals surface area (Å²) in [5.41, 5.74) is 2.35. The fourth-order valence-corrected chi connectivity index (χ4v) is 3.68. The van der Waals surface area contributed by atoms with Crippen LogP contribution in [0, 0.1) is 0 Å². The molecule has 3 aromatic heterocycles. The highest BCUT2D eigenvalue weighted by atomic mass is 35.5. The van der Waals surface area contributed by atoms with Crippen molar-refractivity contribution in [3.8, 4) is 11.4 Å². The van der Waals surface area contributed by atoms with Gasteiger partial charge in [0.15, 0.2) is 0 Å². The molecule has 0 atom stereocenters. The molecule has 33 heavy (non-hydrogen) atoms. The summed E-state index contributed by atoms with van der Waals surface area (Å²) in [6.07, 6.45) is 5.27. The zero-order valence-corrected chi connectivity index (χ0v) is 19.2. The SMILES string of the molecule is O=C(NCc1cn(-c2ccc(-n3ccccc3=O)cc2)cn1)c1ccc(Cl)s1.O=P(O)(O)O. The second kappa shape index (κ2) is 10.7. The van der Waals surface area contributed by atoms with Gasteiger partial charge in [-0.3, -0.25) is 14.2 Å². The van der Waals surface area contributed by atoms with E-state index in [1.165, 1.54) is 17.4 Å². The minimum atomic E-state index is -4.64. The molecule has 1 amide bonds. The van der Waals surface area contributed by atoms with Gasteiger partial charge in [-0.1, -0.05) is 17.7 Å². The first-order valence-corrected chi connectivity index (χ1v) is 12.0. The van der Waals surface area contributed by atoms with E-state index in [-0.39, 0.29) is 11.5 Å². The van der Waals surface area contributed by atoms with Gasteiger partial charge in [0.1, 0.15) is 0 Å². The van der Waals surface area contributed by atoms with Crippen LogP contribution in [0.15, 0.2) is 78.1 Å². The zero-order chi connectivity index (χ0) is 24.0. The molecule has 0 spiro atoms. The molecule has 4 aromatic rings. The van der Waals surface area contributed by atoms with E-state index < -0.39 is 7.82 Å². The number of hydrogen-bond donors (Lipinski definition) is 4. The summed E-state index contributed by atoms with van der Waals surface area (Å²) in [6, 6.07) is 16.0. The summed E-state index contributed by atoms with van der Waals surface area (Å²) in [5.74, 6) is -0.177. The number of halogens is 1. The van der Waals surface area contributed by atoms with Gasteiger partial charge in [-0.15, -0.1) is 11.3 Å². The number of aromatic nitrogens is 3. The fraction of sp³-hybridized carbons (Fsp3) is 0.0500. The van der Waals surface area contributed by atoms with Crippen molar-refractivity contribution in [3.63, 3.8) is 0 Å². The third kappa shape index (κ3) is 7.50. The lowest BCUT2D eigenvalue weighted by Crippen LogP contribution is -2.21. The molecule has 0 saturated heterocycles. The Morgan fingerprint density at radius 2 is 1.73 bits per heavy atom. The van der Waals surface area contributed by atoms with Gasteiger partial charge in [-0.25, -0.2) is 9.55 Å². The first kappa shape index (κ1) is 24.6. The third-order valence-electron chi connectivity index (χ3n) is 4.11. The van der Waals surface area contributed by atoms with E-state index in [0.717, 1.165) is 17.1 Å². The van der Waals surface area contributed by atoms with E-state index >= 15 is 0 Å². The standard InChI is InChI=1S/C20H15ClN4O2S.H3O4P/c21-18-9-8-17(28-18)20(27)22-11-14-12-24(13-23-14)15-4-6-16(7-5-15)25-10-2-1-3-19(25)26;1-5(2,3)4/h1-10,12-13H,11H2,(H,22,27);(H3,1,2,3,4). The number of imidazole rings is 1. The van der Waals surface area contributed by atoms with E-state index in [2.05, 4.69) is 10.3 Å². The van der Waals surface area contributed by atoms with Crippen molar-refractivity contribution in [2.75, 3.05) is 0 Å². The number of phosphoric acid groups is 1. The van der Waals surface area contributed by atoms with Gasteiger partial charge in [0.2, 0.25) is 0 Å². The largest absolute Gasteiger partial charge is 0.466 e. The smallest absolute Gasteiger partial charge is 0.346 e. The normalized spacial score (nSPS) is 10.9. The molecule has 10 nitrogen and oxygen atoms in total. The maximum atomic E-state index is 12.1. The van der Waals surface area contributed by atoms with Crippen molar-refractivity contribution in [3.05, 3.63) is 98.6 Å². The molecule has 172 valence electrons. The lowest BCUT2D eigenvalue weighted by Gasteiger charge is -2.07. The molecule has 3 heterocycles. The molecule has 0 fully saturated rings. The summed E-state index contributed by atoms with van der Waals surface area (Å²) < 4.78 is 12.9. The summed E-state index contributed by atoms with van der Waals surface area (Å²) in [4.78, 5) is 50.5. The Kier molecular flexibility index (Phi) is 7.98. The number of nitrogens with zero attached hydrogens (tertiary/aromatic N) is 3. The molecule has 0 bridgehead atoms. The molecule has 0 aliphatic carbocycles. The monoisotopic (exact) mass is 508 g/mol. The van der Waals surface area contributed by atoms with Gasteiger partial charge < -0.3 is 24.6 Å². The molecule has 0 unspecified atom stereocenters. The van der Waals surface area contributed by atoms with Crippen molar-refractivity contribution in [1.82, 2.24) is 19.4 Å². The summed E-state index contributed by atoms with van der Waals surface area (Å²) in [5, 5.41) is 2.83. The van der Waals surface area contributed by atoms with Crippen LogP contribution in [0.25, 0.3) is 11.4 Å². The molecule has 0 radical (unpaired) electrons. The first-order chi connectivity index (χ1) is 15.6. The number of nitrogens with one attached hydrogen (secondary N) is 1. The summed E-state index contributed by atoms with van der Waals surface area (Å²) in [6.45, 7) is 0.318. The van der Waals surface area contributed by atoms with Crippen LogP contribution in [0.1, 0.15) is 15.4 Å². The second-order valence-electron chi connectivity index (χ2n) is 6.50. The van der Waals surface area contributed by atoms with Crippen molar-refractivity contribution in [2.45, 2.75) is 6.54 Å². The van der Waals surface area contributed by atoms with Gasteiger partial charge in [0, 0.05) is 29.8 Å². The number of benzene rings is 1. The number of thiophene rings is 1. The van der Waals surface area contributed by atoms with Gasteiger partial charge in [0.25, 0.3) is 11.5 Å². The lowest BCUT2D eigenvalue weighted by molar-refractivity contribution is 0.0954. The highest BCUT2D eigenvalue weighted by molar-refractivity contribution is 7.45. The summed E-state index contributed by atoms with van der Waals surface area (Å²) in [7, 11) is -4.64. The third-order valence-corrected chi connectivity index (χ3v) is 5.34. The number of hydrogen-bond acceptors (Lipinski definition) is 5. The quantitative estimate of drug-likeness (QED) is 0.303. The Bertz CT molecular complexity index is 1340. The zero-order valence-electron chi connectivity index (χ0n) is 16.8. The molecule has 1 aromatic carbocycles. The van der Waals surface area contributed by atoms with E-state index in [0.29, 0.717) is 15.8 Å². The van der Waals surface area contributed by atoms with Crippen LogP contribution in [-0.4, -0.2) is 34.7 Å². The van der Waals surface area contributed by atoms with Crippen molar-refractivity contribution in [2.24, 2.45) is 0 Å². The van der Waals surface area contributed by atoms with E-state index in [1.807, 2.05) is 41.1 Å². The van der Waals surface area contributed by atoms with Gasteiger partial charge >= 0.3 is 7.82 Å². The number of amides is 1. The van der Waals surface area contributed by atoms with Gasteiger partial charge in [-0.05, 0) is 42.5 Å². The second-order valence-corrected chi connectivity index (χ2v) is 9.24. The van der Waals surface area contributed by atoms with E-state index in [9.17, 15) is 9.59 Å². The predicted octanol–water partition coefficient (Wildman–Crippen LogP) is 2.74. The topological polar surface area (TPSA) is 147 Å². The van der Waals surface area contributed by atoms with Crippen LogP contribution in [0.2, 0.25) is 4.34 Å². The maximum Gasteiger partial charge on any atom is 0.466 e. The predicted molar refractivity (Wildman–Crippen MR) is 124 cm³/mol. The molecule has 4 N–H and O–H groups in total. The highest BCUT2D eigenvalue weighted by Crippen LogP contribution is 2.25. The van der Waals surface area contributed by atoms with Gasteiger partial charge in [-0.2, -0.15) is 0 Å². The Morgan fingerprint density at radius 1 is 1.06 bits per heavy atom. The van der Waals surface area contributed by atoms with Crippen molar-refractivity contribution in [1.29, 1.82) is 0 Å². The molecular weight excluding hydrogens is 491 g/mol. The van der Waals surface area contributed by atoms with E-state index in [4.69, 9.17) is 30.8 Å². The fourth-order valence-electron chi connectivity index (χ4n) is 2.72. The average Bonchev–Trinajstić information content (AvgIpc) is 3.41. The molecule has 4 rings (SSSR count). The molecular formula is C20H18ClN4O6PS. The summed E-state index contributed by atoms with van der Waals surface area (Å²) >= 11 is 7.09. The maximum absolute atomic E-state index is 12.1. The molecule has 0 aliphatic heterocycles. The van der Waals surface area contributed by atoms with Crippen LogP contribution < -0.4 is 10.9 Å². The Morgan fingerprint density at radius 3 is 2.33 bits per heavy atom. The lowest BCUT2D eigenvalue weighted by atomic mass is 10.2. The number of carbonyl (C=O) groups excluding carboxylic acids is 1. The highest BCUT2D eigenvalue weighted by Gasteiger charge is 2.09. The average molecular weight is 509 g/mol. The Hall–Kier alpha value is -3.05. The van der Waals surface area contributed by atoms with Crippen LogP contribution >= 0.6 is 30.8 Å². The number of carbonyl (C=O) groups is 1. The van der Waals surface area contributed by atoms with Crippen LogP contribution in [0.5, 0.6) is 0 Å². The van der Waals surface area contributed by atoms with Crippen LogP contribution in [-0.2, 0) is 11.1 Å². The Balaban J connectivity index is 0.000000555. The number of rotatable bonds is 5. The Labute approximate surface area is 196 Å². The molecule has 0 aliphatic rings. The molecule has 0 saturated carbocycles. The first-order valence-electron chi connectivity index (χ1n) is 9.23. The van der Waals surface area contributed by atoms with Gasteiger partial charge in [0.05, 0.1) is 27.8 Å². The minimum absolute atomic E-state index is 0.0806. The van der Waals surface area contributed by atoms with Crippen LogP contribution in [0.4, 0.5) is 0 Å². The van der Waals surface area contributed by atoms with Crippen LogP contribution in [0.3, 0.4) is 0 Å². The van der Waals surface area contributed by atoms with Crippen molar-refractivity contribution >= 4 is 36.7 Å². The number of pyridine rings is 1.